The van der Waals surface area contributed by atoms with Gasteiger partial charge in [-0.3, -0.25) is 0 Å². The number of unbranched alkanes of at least 4 members (excludes halogenated alkanes) is 1. The Morgan fingerprint density at radius 3 is 2.38 bits per heavy atom. The van der Waals surface area contributed by atoms with Gasteiger partial charge in [-0.05, 0) is 80.8 Å². The number of rotatable bonds is 9. The molecular formula is C20H31NO3. The Balaban J connectivity index is 1.69. The largest absolute Gasteiger partial charge is 0.465 e. The van der Waals surface area contributed by atoms with Gasteiger partial charge < -0.3 is 15.5 Å². The number of aryl methyl sites for hydroxylation is 1. The molecule has 1 aliphatic carbocycles. The summed E-state index contributed by atoms with van der Waals surface area (Å²) in [5.74, 6) is 1.51. The van der Waals surface area contributed by atoms with E-state index in [9.17, 15) is 4.79 Å². The Hall–Kier alpha value is -1.55. The van der Waals surface area contributed by atoms with Crippen molar-refractivity contribution in [2.45, 2.75) is 63.7 Å². The van der Waals surface area contributed by atoms with Crippen molar-refractivity contribution in [3.8, 4) is 0 Å². The highest BCUT2D eigenvalue weighted by atomic mass is 16.4. The lowest BCUT2D eigenvalue weighted by atomic mass is 9.77. The number of carboxylic acid groups (broad SMARTS) is 1. The van der Waals surface area contributed by atoms with Gasteiger partial charge in [0, 0.05) is 13.2 Å². The Morgan fingerprint density at radius 2 is 1.75 bits per heavy atom. The van der Waals surface area contributed by atoms with Crippen LogP contribution in [0.15, 0.2) is 24.3 Å². The molecule has 1 amide bonds. The molecule has 0 spiro atoms. The Morgan fingerprint density at radius 1 is 1.04 bits per heavy atom. The SMILES string of the molecule is O=C(O)NCCCCc1ccc(C2CCC(CCCO)CC2)cc1. The van der Waals surface area contributed by atoms with Crippen molar-refractivity contribution in [1.29, 1.82) is 0 Å². The van der Waals surface area contributed by atoms with Gasteiger partial charge in [0.2, 0.25) is 0 Å². The lowest BCUT2D eigenvalue weighted by molar-refractivity contribution is 0.194. The van der Waals surface area contributed by atoms with Crippen LogP contribution in [0.3, 0.4) is 0 Å². The molecule has 1 saturated carbocycles. The van der Waals surface area contributed by atoms with E-state index in [4.69, 9.17) is 10.2 Å². The lowest BCUT2D eigenvalue weighted by Gasteiger charge is -2.28. The van der Waals surface area contributed by atoms with E-state index in [-0.39, 0.29) is 0 Å². The molecule has 0 atom stereocenters. The predicted molar refractivity (Wildman–Crippen MR) is 96.4 cm³/mol. The molecule has 4 nitrogen and oxygen atoms in total. The zero-order chi connectivity index (χ0) is 17.2. The molecule has 0 aliphatic heterocycles. The Kier molecular flexibility index (Phi) is 8.10. The quantitative estimate of drug-likeness (QED) is 0.589. The van der Waals surface area contributed by atoms with E-state index in [0.717, 1.165) is 31.6 Å². The minimum atomic E-state index is -0.939. The number of nitrogens with one attached hydrogen (secondary N) is 1. The third-order valence-electron chi connectivity index (χ3n) is 5.24. The predicted octanol–water partition coefficient (Wildman–Crippen LogP) is 4.32. The molecule has 1 aliphatic rings. The highest BCUT2D eigenvalue weighted by Gasteiger charge is 2.21. The maximum Gasteiger partial charge on any atom is 0.404 e. The van der Waals surface area contributed by atoms with Gasteiger partial charge in [0.1, 0.15) is 0 Å². The first-order valence-electron chi connectivity index (χ1n) is 9.35. The molecule has 24 heavy (non-hydrogen) atoms. The molecule has 1 aromatic rings. The summed E-state index contributed by atoms with van der Waals surface area (Å²) < 4.78 is 0. The molecule has 134 valence electrons. The van der Waals surface area contributed by atoms with Crippen LogP contribution >= 0.6 is 0 Å². The average molecular weight is 333 g/mol. The van der Waals surface area contributed by atoms with Gasteiger partial charge in [-0.2, -0.15) is 0 Å². The van der Waals surface area contributed by atoms with E-state index in [1.807, 2.05) is 0 Å². The second kappa shape index (κ2) is 10.3. The summed E-state index contributed by atoms with van der Waals surface area (Å²) in [7, 11) is 0. The third kappa shape index (κ3) is 6.52. The fraction of sp³-hybridized carbons (Fsp3) is 0.650. The molecule has 1 aromatic carbocycles. The van der Waals surface area contributed by atoms with E-state index in [2.05, 4.69) is 29.6 Å². The molecule has 0 heterocycles. The van der Waals surface area contributed by atoms with Crippen molar-refractivity contribution < 1.29 is 15.0 Å². The third-order valence-corrected chi connectivity index (χ3v) is 5.24. The fourth-order valence-corrected chi connectivity index (χ4v) is 3.77. The monoisotopic (exact) mass is 333 g/mol. The standard InChI is InChI=1S/C20H31NO3/c22-15-3-5-17-8-12-19(13-9-17)18-10-6-16(7-11-18)4-1-2-14-21-20(23)24/h6-7,10-11,17,19,21-22H,1-5,8-9,12-15H2,(H,23,24). The topological polar surface area (TPSA) is 69.6 Å². The molecule has 0 radical (unpaired) electrons. The van der Waals surface area contributed by atoms with Crippen LogP contribution in [0.2, 0.25) is 0 Å². The van der Waals surface area contributed by atoms with Crippen LogP contribution in [0.1, 0.15) is 68.4 Å². The first-order chi connectivity index (χ1) is 11.7. The zero-order valence-electron chi connectivity index (χ0n) is 14.5. The molecule has 0 bridgehead atoms. The van der Waals surface area contributed by atoms with Gasteiger partial charge in [0.05, 0.1) is 0 Å². The number of carbonyl (C=O) groups is 1. The minimum Gasteiger partial charge on any atom is -0.465 e. The van der Waals surface area contributed by atoms with Crippen molar-refractivity contribution in [3.05, 3.63) is 35.4 Å². The highest BCUT2D eigenvalue weighted by Crippen LogP contribution is 2.37. The van der Waals surface area contributed by atoms with Crippen molar-refractivity contribution in [2.75, 3.05) is 13.2 Å². The molecule has 4 heteroatoms. The summed E-state index contributed by atoms with van der Waals surface area (Å²) in [4.78, 5) is 10.4. The summed E-state index contributed by atoms with van der Waals surface area (Å²) >= 11 is 0. The van der Waals surface area contributed by atoms with E-state index in [1.54, 1.807) is 0 Å². The molecule has 2 rings (SSSR count). The summed E-state index contributed by atoms with van der Waals surface area (Å²) in [6, 6.07) is 9.03. The summed E-state index contributed by atoms with van der Waals surface area (Å²) in [6.07, 6.45) is 9.23. The van der Waals surface area contributed by atoms with E-state index < -0.39 is 6.09 Å². The maximum atomic E-state index is 10.4. The first-order valence-corrected chi connectivity index (χ1v) is 9.35. The van der Waals surface area contributed by atoms with Crippen LogP contribution in [0, 0.1) is 5.92 Å². The van der Waals surface area contributed by atoms with Crippen molar-refractivity contribution in [3.63, 3.8) is 0 Å². The van der Waals surface area contributed by atoms with Crippen molar-refractivity contribution in [2.24, 2.45) is 5.92 Å². The lowest BCUT2D eigenvalue weighted by Crippen LogP contribution is -2.21. The smallest absolute Gasteiger partial charge is 0.404 e. The van der Waals surface area contributed by atoms with Crippen molar-refractivity contribution >= 4 is 6.09 Å². The Bertz CT molecular complexity index is 478. The Labute approximate surface area is 145 Å². The van der Waals surface area contributed by atoms with Crippen LogP contribution in [0.4, 0.5) is 4.79 Å². The number of amides is 1. The maximum absolute atomic E-state index is 10.4. The van der Waals surface area contributed by atoms with E-state index in [1.165, 1.54) is 43.2 Å². The van der Waals surface area contributed by atoms with Crippen LogP contribution in [0.25, 0.3) is 0 Å². The molecular weight excluding hydrogens is 302 g/mol. The van der Waals surface area contributed by atoms with Gasteiger partial charge in [-0.25, -0.2) is 4.79 Å². The normalized spacial score (nSPS) is 20.7. The number of aliphatic hydroxyl groups excluding tert-OH is 1. The van der Waals surface area contributed by atoms with Gasteiger partial charge in [-0.1, -0.05) is 24.3 Å². The second-order valence-electron chi connectivity index (χ2n) is 7.01. The second-order valence-corrected chi connectivity index (χ2v) is 7.01. The van der Waals surface area contributed by atoms with E-state index >= 15 is 0 Å². The highest BCUT2D eigenvalue weighted by molar-refractivity contribution is 5.64. The van der Waals surface area contributed by atoms with Gasteiger partial charge in [-0.15, -0.1) is 0 Å². The number of aliphatic hydroxyl groups is 1. The van der Waals surface area contributed by atoms with Gasteiger partial charge in [0.25, 0.3) is 0 Å². The van der Waals surface area contributed by atoms with Gasteiger partial charge >= 0.3 is 6.09 Å². The van der Waals surface area contributed by atoms with Gasteiger partial charge in [0.15, 0.2) is 0 Å². The summed E-state index contributed by atoms with van der Waals surface area (Å²) in [5.41, 5.74) is 2.80. The summed E-state index contributed by atoms with van der Waals surface area (Å²) in [5, 5.41) is 19.9. The van der Waals surface area contributed by atoms with Crippen LogP contribution in [-0.4, -0.2) is 29.5 Å². The van der Waals surface area contributed by atoms with E-state index in [0.29, 0.717) is 19.1 Å². The number of hydrogen-bond acceptors (Lipinski definition) is 2. The fourth-order valence-electron chi connectivity index (χ4n) is 3.77. The zero-order valence-corrected chi connectivity index (χ0v) is 14.5. The average Bonchev–Trinajstić information content (AvgIpc) is 2.60. The number of benzene rings is 1. The number of hydrogen-bond donors (Lipinski definition) is 3. The van der Waals surface area contributed by atoms with Crippen LogP contribution < -0.4 is 5.32 Å². The van der Waals surface area contributed by atoms with Crippen LogP contribution in [0.5, 0.6) is 0 Å². The molecule has 0 aromatic heterocycles. The summed E-state index contributed by atoms with van der Waals surface area (Å²) in [6.45, 7) is 0.862. The molecule has 1 fully saturated rings. The molecule has 0 saturated heterocycles. The minimum absolute atomic E-state index is 0.327. The van der Waals surface area contributed by atoms with Crippen molar-refractivity contribution in [1.82, 2.24) is 5.32 Å². The molecule has 3 N–H and O–H groups in total. The molecule has 0 unspecified atom stereocenters. The first kappa shape index (κ1) is 18.8. The van der Waals surface area contributed by atoms with Crippen LogP contribution in [-0.2, 0) is 6.42 Å².